The van der Waals surface area contributed by atoms with Crippen LogP contribution < -0.4 is 4.74 Å². The smallest absolute Gasteiger partial charge is 0.164 e. The maximum atomic E-state index is 6.35. The van der Waals surface area contributed by atoms with Crippen LogP contribution in [0.5, 0.6) is 11.5 Å². The Morgan fingerprint density at radius 1 is 0.236 bits per heavy atom. The molecule has 0 unspecified atom stereocenters. The van der Waals surface area contributed by atoms with E-state index < -0.39 is 0 Å². The molecule has 55 heavy (non-hydrogen) atoms. The second kappa shape index (κ2) is 15.2. The fourth-order valence-electron chi connectivity index (χ4n) is 6.39. The molecule has 6 nitrogen and oxygen atoms in total. The highest BCUT2D eigenvalue weighted by Crippen LogP contribution is 2.32. The van der Waals surface area contributed by atoms with Crippen LogP contribution in [0.3, 0.4) is 0 Å². The summed E-state index contributed by atoms with van der Waals surface area (Å²) in [4.78, 5) is 24.5. The molecule has 0 aliphatic heterocycles. The molecule has 0 saturated carbocycles. The molecule has 2 aromatic heterocycles. The van der Waals surface area contributed by atoms with Crippen LogP contribution in [0.25, 0.3) is 79.2 Å². The fourth-order valence-corrected chi connectivity index (χ4v) is 6.39. The predicted octanol–water partition coefficient (Wildman–Crippen LogP) is 12.1. The second-order valence-electron chi connectivity index (χ2n) is 13.0. The largest absolute Gasteiger partial charge is 0.457 e. The molecule has 0 saturated heterocycles. The van der Waals surface area contributed by atoms with Crippen molar-refractivity contribution in [3.8, 4) is 90.7 Å². The van der Waals surface area contributed by atoms with Crippen molar-refractivity contribution in [1.29, 1.82) is 0 Å². The molecular weight excluding hydrogens is 675 g/mol. The molecule has 0 radical (unpaired) electrons. The Hall–Kier alpha value is -7.57. The van der Waals surface area contributed by atoms with Gasteiger partial charge < -0.3 is 4.74 Å². The lowest BCUT2D eigenvalue weighted by Crippen LogP contribution is -2.00. The highest BCUT2D eigenvalue weighted by molar-refractivity contribution is 5.74. The van der Waals surface area contributed by atoms with Crippen molar-refractivity contribution in [1.82, 2.24) is 24.9 Å². The van der Waals surface area contributed by atoms with Gasteiger partial charge >= 0.3 is 0 Å². The molecule has 9 aromatic rings. The van der Waals surface area contributed by atoms with Gasteiger partial charge in [-0.3, -0.25) is 0 Å². The summed E-state index contributed by atoms with van der Waals surface area (Å²) >= 11 is 0. The van der Waals surface area contributed by atoms with Gasteiger partial charge in [0.05, 0.1) is 11.4 Å². The van der Waals surface area contributed by atoms with Gasteiger partial charge in [0.25, 0.3) is 0 Å². The summed E-state index contributed by atoms with van der Waals surface area (Å²) < 4.78 is 6.35. The molecular formula is C49H33N5O. The zero-order valence-corrected chi connectivity index (χ0v) is 29.7. The van der Waals surface area contributed by atoms with Crippen LogP contribution in [-0.2, 0) is 0 Å². The molecule has 260 valence electrons. The first kappa shape index (κ1) is 33.3. The first-order chi connectivity index (χ1) is 27.2. The number of hydrogen-bond acceptors (Lipinski definition) is 6. The second-order valence-corrected chi connectivity index (χ2v) is 13.0. The van der Waals surface area contributed by atoms with Crippen LogP contribution in [0, 0.1) is 0 Å². The minimum absolute atomic E-state index is 0.574. The quantitative estimate of drug-likeness (QED) is 0.149. The van der Waals surface area contributed by atoms with E-state index in [0.29, 0.717) is 29.0 Å². The van der Waals surface area contributed by atoms with Gasteiger partial charge in [0, 0.05) is 33.4 Å². The maximum absolute atomic E-state index is 6.35. The monoisotopic (exact) mass is 707 g/mol. The van der Waals surface area contributed by atoms with E-state index in [1.165, 1.54) is 0 Å². The average molecular weight is 708 g/mol. The Morgan fingerprint density at radius 2 is 0.600 bits per heavy atom. The summed E-state index contributed by atoms with van der Waals surface area (Å²) in [5.41, 5.74) is 9.66. The topological polar surface area (TPSA) is 73.7 Å². The third kappa shape index (κ3) is 7.52. The molecule has 0 N–H and O–H groups in total. The van der Waals surface area contributed by atoms with Crippen LogP contribution in [0.2, 0.25) is 0 Å². The van der Waals surface area contributed by atoms with Crippen molar-refractivity contribution in [2.24, 2.45) is 0 Å². The minimum atomic E-state index is 0.574. The van der Waals surface area contributed by atoms with E-state index in [0.717, 1.165) is 61.6 Å². The van der Waals surface area contributed by atoms with E-state index in [4.69, 9.17) is 29.7 Å². The lowest BCUT2D eigenvalue weighted by Gasteiger charge is -2.11. The van der Waals surface area contributed by atoms with Gasteiger partial charge in [0.2, 0.25) is 0 Å². The maximum Gasteiger partial charge on any atom is 0.164 e. The van der Waals surface area contributed by atoms with Gasteiger partial charge in [-0.15, -0.1) is 0 Å². The summed E-state index contributed by atoms with van der Waals surface area (Å²) in [6, 6.07) is 66.8. The van der Waals surface area contributed by atoms with Crippen molar-refractivity contribution < 1.29 is 4.74 Å². The Balaban J connectivity index is 0.957. The highest BCUT2D eigenvalue weighted by atomic mass is 16.5. The van der Waals surface area contributed by atoms with E-state index in [-0.39, 0.29) is 0 Å². The Bertz CT molecular complexity index is 2570. The lowest BCUT2D eigenvalue weighted by atomic mass is 10.0. The van der Waals surface area contributed by atoms with Crippen molar-refractivity contribution >= 4 is 0 Å². The number of ether oxygens (including phenoxy) is 1. The standard InChI is InChI=1S/C49H33N5O/c1-5-14-36(15-6-1)44-33-45(37-16-7-2-8-17-37)51-46(50-44)40-26-24-34(25-27-40)35-28-30-42(31-29-35)55-43-23-13-22-41(32-43)49-53-47(38-18-9-3-10-19-38)52-48(54-49)39-20-11-4-12-21-39/h1-33H. The van der Waals surface area contributed by atoms with E-state index in [2.05, 4.69) is 66.7 Å². The van der Waals surface area contributed by atoms with Crippen molar-refractivity contribution in [2.75, 3.05) is 0 Å². The molecule has 0 spiro atoms. The van der Waals surface area contributed by atoms with Crippen LogP contribution in [0.4, 0.5) is 0 Å². The summed E-state index contributed by atoms with van der Waals surface area (Å²) in [5, 5.41) is 0. The molecule has 0 atom stereocenters. The third-order valence-corrected chi connectivity index (χ3v) is 9.22. The van der Waals surface area contributed by atoms with Gasteiger partial charge in [0.1, 0.15) is 11.5 Å². The number of hydrogen-bond donors (Lipinski definition) is 0. The van der Waals surface area contributed by atoms with Gasteiger partial charge in [-0.1, -0.05) is 170 Å². The Kier molecular flexibility index (Phi) is 9.19. The Labute approximate surface area is 319 Å². The molecule has 2 heterocycles. The first-order valence-electron chi connectivity index (χ1n) is 18.1. The Morgan fingerprint density at radius 3 is 1.09 bits per heavy atom. The average Bonchev–Trinajstić information content (AvgIpc) is 3.28. The number of benzene rings is 7. The zero-order chi connectivity index (χ0) is 36.8. The van der Waals surface area contributed by atoms with Crippen molar-refractivity contribution in [3.63, 3.8) is 0 Å². The molecule has 0 aliphatic rings. The molecule has 7 aromatic carbocycles. The predicted molar refractivity (Wildman–Crippen MR) is 220 cm³/mol. The molecule has 0 aliphatic carbocycles. The highest BCUT2D eigenvalue weighted by Gasteiger charge is 2.14. The normalized spacial score (nSPS) is 10.9. The summed E-state index contributed by atoms with van der Waals surface area (Å²) in [7, 11) is 0. The molecule has 0 bridgehead atoms. The van der Waals surface area contributed by atoms with Gasteiger partial charge in [-0.25, -0.2) is 24.9 Å². The minimum Gasteiger partial charge on any atom is -0.457 e. The fraction of sp³-hybridized carbons (Fsp3) is 0. The summed E-state index contributed by atoms with van der Waals surface area (Å²) in [5.74, 6) is 3.90. The molecule has 0 amide bonds. The van der Waals surface area contributed by atoms with Gasteiger partial charge in [-0.05, 0) is 41.5 Å². The molecule has 6 heteroatoms. The van der Waals surface area contributed by atoms with Crippen LogP contribution in [0.1, 0.15) is 0 Å². The number of nitrogens with zero attached hydrogens (tertiary/aromatic N) is 5. The lowest BCUT2D eigenvalue weighted by molar-refractivity contribution is 0.483. The van der Waals surface area contributed by atoms with E-state index in [1.807, 2.05) is 133 Å². The SMILES string of the molecule is c1ccc(-c2cc(-c3ccccc3)nc(-c3ccc(-c4ccc(Oc5cccc(-c6nc(-c7ccccc7)nc(-c7ccccc7)n6)c5)cc4)cc3)n2)cc1. The van der Waals surface area contributed by atoms with Gasteiger partial charge in [-0.2, -0.15) is 0 Å². The van der Waals surface area contributed by atoms with E-state index in [9.17, 15) is 0 Å². The van der Waals surface area contributed by atoms with E-state index in [1.54, 1.807) is 0 Å². The number of aromatic nitrogens is 5. The molecule has 9 rings (SSSR count). The summed E-state index contributed by atoms with van der Waals surface area (Å²) in [6.45, 7) is 0. The molecule has 0 fully saturated rings. The zero-order valence-electron chi connectivity index (χ0n) is 29.7. The summed E-state index contributed by atoms with van der Waals surface area (Å²) in [6.07, 6.45) is 0. The third-order valence-electron chi connectivity index (χ3n) is 9.22. The van der Waals surface area contributed by atoms with Crippen molar-refractivity contribution in [2.45, 2.75) is 0 Å². The van der Waals surface area contributed by atoms with Gasteiger partial charge in [0.15, 0.2) is 23.3 Å². The van der Waals surface area contributed by atoms with Crippen LogP contribution in [0.15, 0.2) is 200 Å². The van der Waals surface area contributed by atoms with E-state index >= 15 is 0 Å². The first-order valence-corrected chi connectivity index (χ1v) is 18.1. The van der Waals surface area contributed by atoms with Crippen LogP contribution in [-0.4, -0.2) is 24.9 Å². The number of rotatable bonds is 9. The van der Waals surface area contributed by atoms with Crippen molar-refractivity contribution in [3.05, 3.63) is 200 Å². The van der Waals surface area contributed by atoms with Crippen LogP contribution >= 0.6 is 0 Å².